The quantitative estimate of drug-likeness (QED) is 0.616. The number of hydrogen-bond donors (Lipinski definition) is 3. The van der Waals surface area contributed by atoms with Crippen molar-refractivity contribution in [3.05, 3.63) is 30.4 Å². The van der Waals surface area contributed by atoms with E-state index >= 15 is 0 Å². The second kappa shape index (κ2) is 7.86. The summed E-state index contributed by atoms with van der Waals surface area (Å²) in [6.45, 7) is 1.50. The maximum atomic E-state index is 13.0. The van der Waals surface area contributed by atoms with Crippen molar-refractivity contribution in [2.75, 3.05) is 10.6 Å². The molecule has 2 unspecified atom stereocenters. The summed E-state index contributed by atoms with van der Waals surface area (Å²) in [5.41, 5.74) is 1.27. The number of amides is 2. The van der Waals surface area contributed by atoms with Gasteiger partial charge in [-0.3, -0.25) is 14.6 Å². The number of nitrogens with one attached hydrogen (secondary N) is 3. The number of aromatic nitrogens is 3. The van der Waals surface area contributed by atoms with Crippen LogP contribution in [0.2, 0.25) is 0 Å². The third kappa shape index (κ3) is 4.74. The molecule has 0 saturated heterocycles. The highest BCUT2D eigenvalue weighted by Crippen LogP contribution is 2.41. The fourth-order valence-corrected chi connectivity index (χ4v) is 2.88. The topological polar surface area (TPSA) is 133 Å². The monoisotopic (exact) mass is 427 g/mol. The molecule has 0 spiro atoms. The first-order chi connectivity index (χ1) is 14.8. The molecular weight excluding hydrogens is 408 g/mol. The van der Waals surface area contributed by atoms with Crippen LogP contribution in [0.25, 0.3) is 11.3 Å². The second-order valence-corrected chi connectivity index (χ2v) is 7.67. The number of carbonyl (C=O) groups excluding carboxylic acids is 2. The van der Waals surface area contributed by atoms with E-state index in [0.29, 0.717) is 17.1 Å². The molecule has 0 aromatic carbocycles. The number of anilines is 2. The van der Waals surface area contributed by atoms with Crippen LogP contribution < -0.4 is 16.0 Å². The van der Waals surface area contributed by atoms with Gasteiger partial charge in [-0.05, 0) is 25.8 Å². The van der Waals surface area contributed by atoms with Gasteiger partial charge in [0.2, 0.25) is 11.8 Å². The summed E-state index contributed by atoms with van der Waals surface area (Å²) in [7, 11) is 0. The van der Waals surface area contributed by atoms with E-state index in [1.807, 2.05) is 6.07 Å². The summed E-state index contributed by atoms with van der Waals surface area (Å²) in [5, 5.41) is 17.1. The van der Waals surface area contributed by atoms with Crippen LogP contribution in [-0.2, 0) is 9.59 Å². The molecular formula is C20H19F2N7O2. The zero-order valence-corrected chi connectivity index (χ0v) is 16.5. The summed E-state index contributed by atoms with van der Waals surface area (Å²) < 4.78 is 26.0. The molecule has 2 aromatic rings. The minimum atomic E-state index is -2.86. The van der Waals surface area contributed by atoms with E-state index < -0.39 is 23.9 Å². The molecule has 2 aliphatic rings. The summed E-state index contributed by atoms with van der Waals surface area (Å²) in [6.07, 6.45) is 5.70. The van der Waals surface area contributed by atoms with Crippen molar-refractivity contribution in [2.45, 2.75) is 44.2 Å². The lowest BCUT2D eigenvalue weighted by molar-refractivity contribution is -0.122. The van der Waals surface area contributed by atoms with Crippen molar-refractivity contribution in [3.63, 3.8) is 0 Å². The Balaban J connectivity index is 1.46. The lowest BCUT2D eigenvalue weighted by Gasteiger charge is -2.16. The van der Waals surface area contributed by atoms with Gasteiger partial charge in [0.05, 0.1) is 29.8 Å². The highest BCUT2D eigenvalue weighted by Gasteiger charge is 2.58. The van der Waals surface area contributed by atoms with Crippen molar-refractivity contribution in [2.24, 2.45) is 5.92 Å². The largest absolute Gasteiger partial charge is 0.372 e. The van der Waals surface area contributed by atoms with E-state index in [9.17, 15) is 23.6 Å². The molecule has 0 radical (unpaired) electrons. The summed E-state index contributed by atoms with van der Waals surface area (Å²) in [4.78, 5) is 36.5. The summed E-state index contributed by atoms with van der Waals surface area (Å²) in [6, 6.07) is 1.48. The predicted octanol–water partition coefficient (Wildman–Crippen LogP) is 2.08. The Kier molecular flexibility index (Phi) is 5.22. The highest BCUT2D eigenvalue weighted by atomic mass is 19.3. The molecule has 2 atom stereocenters. The minimum absolute atomic E-state index is 0.0430. The fourth-order valence-electron chi connectivity index (χ4n) is 2.88. The molecule has 4 rings (SSSR count). The number of pyridine rings is 1. The van der Waals surface area contributed by atoms with Crippen molar-refractivity contribution in [1.82, 2.24) is 20.3 Å². The lowest BCUT2D eigenvalue weighted by atomic mass is 10.1. The van der Waals surface area contributed by atoms with Gasteiger partial charge >= 0.3 is 0 Å². The first kappa shape index (κ1) is 20.6. The van der Waals surface area contributed by atoms with Gasteiger partial charge in [0.25, 0.3) is 5.92 Å². The normalized spacial score (nSPS) is 19.6. The minimum Gasteiger partial charge on any atom is -0.372 e. The number of nitriles is 1. The zero-order chi connectivity index (χ0) is 22.2. The predicted molar refractivity (Wildman–Crippen MR) is 106 cm³/mol. The Morgan fingerprint density at radius 1 is 1.23 bits per heavy atom. The van der Waals surface area contributed by atoms with Crippen LogP contribution in [0.1, 0.15) is 31.9 Å². The number of hydrogen-bond acceptors (Lipinski definition) is 7. The molecule has 0 aliphatic heterocycles. The Morgan fingerprint density at radius 2 is 1.97 bits per heavy atom. The third-order valence-electron chi connectivity index (χ3n) is 5.05. The molecule has 2 aliphatic carbocycles. The van der Waals surface area contributed by atoms with Crippen LogP contribution >= 0.6 is 0 Å². The van der Waals surface area contributed by atoms with Crippen molar-refractivity contribution in [1.29, 1.82) is 5.26 Å². The van der Waals surface area contributed by atoms with Crippen LogP contribution in [0.3, 0.4) is 0 Å². The van der Waals surface area contributed by atoms with E-state index in [0.717, 1.165) is 12.8 Å². The standard InChI is InChI=1S/C20H19F2N7O2/c1-10(18(30)28-16-5-20(16,21)22)27-13-4-12(7-24-14(13)6-23)15-8-26-17(9-25-15)29-19(31)11-2-3-11/h4,7-11,16,27H,2-3,5H2,1H3,(H,28,30)(H,26,29,31). The van der Waals surface area contributed by atoms with E-state index in [2.05, 4.69) is 30.9 Å². The third-order valence-corrected chi connectivity index (χ3v) is 5.05. The SMILES string of the molecule is CC(Nc1cc(-c2cnc(NC(=O)C3CC3)cn2)cnc1C#N)C(=O)NC1CC1(F)F. The molecule has 11 heteroatoms. The van der Waals surface area contributed by atoms with Gasteiger partial charge in [-0.25, -0.2) is 18.7 Å². The maximum Gasteiger partial charge on any atom is 0.270 e. The van der Waals surface area contributed by atoms with Crippen molar-refractivity contribution < 1.29 is 18.4 Å². The van der Waals surface area contributed by atoms with Gasteiger partial charge in [0, 0.05) is 24.1 Å². The van der Waals surface area contributed by atoms with Crippen LogP contribution in [0.4, 0.5) is 20.3 Å². The molecule has 2 aromatic heterocycles. The number of halogens is 2. The number of carbonyl (C=O) groups is 2. The van der Waals surface area contributed by atoms with Crippen LogP contribution in [0.5, 0.6) is 0 Å². The molecule has 2 fully saturated rings. The van der Waals surface area contributed by atoms with Crippen LogP contribution in [-0.4, -0.2) is 44.8 Å². The van der Waals surface area contributed by atoms with Crippen LogP contribution in [0.15, 0.2) is 24.7 Å². The van der Waals surface area contributed by atoms with E-state index in [4.69, 9.17) is 0 Å². The molecule has 31 heavy (non-hydrogen) atoms. The first-order valence-corrected chi connectivity index (χ1v) is 9.75. The Hall–Kier alpha value is -3.68. The zero-order valence-electron chi connectivity index (χ0n) is 16.5. The molecule has 2 heterocycles. The average Bonchev–Trinajstić information content (AvgIpc) is 3.66. The van der Waals surface area contributed by atoms with Crippen molar-refractivity contribution in [3.8, 4) is 17.3 Å². The first-order valence-electron chi connectivity index (χ1n) is 9.75. The highest BCUT2D eigenvalue weighted by molar-refractivity contribution is 5.93. The van der Waals surface area contributed by atoms with E-state index in [1.165, 1.54) is 25.5 Å². The number of nitrogens with zero attached hydrogens (tertiary/aromatic N) is 4. The lowest BCUT2D eigenvalue weighted by Crippen LogP contribution is -2.40. The Bertz CT molecular complexity index is 1060. The average molecular weight is 427 g/mol. The summed E-state index contributed by atoms with van der Waals surface area (Å²) >= 11 is 0. The smallest absolute Gasteiger partial charge is 0.270 e. The number of alkyl halides is 2. The van der Waals surface area contributed by atoms with Gasteiger partial charge in [0.1, 0.15) is 12.1 Å². The fraction of sp³-hybridized carbons (Fsp3) is 0.400. The maximum absolute atomic E-state index is 13.0. The molecule has 0 bridgehead atoms. The number of rotatable bonds is 7. The molecule has 9 nitrogen and oxygen atoms in total. The van der Waals surface area contributed by atoms with Crippen LogP contribution in [0, 0.1) is 17.2 Å². The molecule has 3 N–H and O–H groups in total. The molecule has 2 saturated carbocycles. The van der Waals surface area contributed by atoms with E-state index in [-0.39, 0.29) is 29.6 Å². The summed E-state index contributed by atoms with van der Waals surface area (Å²) in [5.74, 6) is -3.17. The second-order valence-electron chi connectivity index (χ2n) is 7.67. The Labute approximate surface area is 176 Å². The molecule has 2 amide bonds. The Morgan fingerprint density at radius 3 is 2.55 bits per heavy atom. The van der Waals surface area contributed by atoms with Gasteiger partial charge < -0.3 is 16.0 Å². The van der Waals surface area contributed by atoms with Gasteiger partial charge in [-0.2, -0.15) is 5.26 Å². The van der Waals surface area contributed by atoms with Gasteiger partial charge in [-0.15, -0.1) is 0 Å². The van der Waals surface area contributed by atoms with Gasteiger partial charge in [-0.1, -0.05) is 0 Å². The van der Waals surface area contributed by atoms with E-state index in [1.54, 1.807) is 6.07 Å². The molecule has 160 valence electrons. The van der Waals surface area contributed by atoms with Gasteiger partial charge in [0.15, 0.2) is 11.5 Å². The van der Waals surface area contributed by atoms with Crippen molar-refractivity contribution >= 4 is 23.3 Å².